The third-order valence-corrected chi connectivity index (χ3v) is 3.24. The molecule has 1 saturated heterocycles. The Balaban J connectivity index is 0.00000180. The molecule has 5 heteroatoms. The van der Waals surface area contributed by atoms with Crippen molar-refractivity contribution in [2.75, 3.05) is 26.7 Å². The van der Waals surface area contributed by atoms with E-state index in [2.05, 4.69) is 10.6 Å². The Morgan fingerprint density at radius 3 is 2.79 bits per heavy atom. The van der Waals surface area contributed by atoms with E-state index >= 15 is 0 Å². The molecule has 2 N–H and O–H groups in total. The lowest BCUT2D eigenvalue weighted by atomic mass is 10.0. The monoisotopic (exact) mass is 284 g/mol. The average molecular weight is 285 g/mol. The van der Waals surface area contributed by atoms with Crippen molar-refractivity contribution in [1.82, 2.24) is 10.6 Å². The van der Waals surface area contributed by atoms with Crippen molar-refractivity contribution in [1.29, 1.82) is 0 Å². The largest absolute Gasteiger partial charge is 0.496 e. The lowest BCUT2D eigenvalue weighted by molar-refractivity contribution is -0.120. The third kappa shape index (κ3) is 4.40. The maximum atomic E-state index is 11.8. The summed E-state index contributed by atoms with van der Waals surface area (Å²) in [6, 6.07) is 5.90. The number of hydrogen-bond donors (Lipinski definition) is 2. The van der Waals surface area contributed by atoms with Crippen LogP contribution in [0.3, 0.4) is 0 Å². The summed E-state index contributed by atoms with van der Waals surface area (Å²) in [5, 5.41) is 6.16. The van der Waals surface area contributed by atoms with E-state index in [1.807, 2.05) is 25.1 Å². The fraction of sp³-hybridized carbons (Fsp3) is 0.500. The van der Waals surface area contributed by atoms with Crippen molar-refractivity contribution in [2.45, 2.75) is 13.3 Å². The molecule has 106 valence electrons. The average Bonchev–Trinajstić information content (AvgIpc) is 2.27. The molecule has 0 saturated carbocycles. The number of amides is 1. The van der Waals surface area contributed by atoms with Crippen LogP contribution in [0.2, 0.25) is 0 Å². The van der Waals surface area contributed by atoms with E-state index in [9.17, 15) is 4.79 Å². The maximum absolute atomic E-state index is 11.8. The second-order valence-electron chi connectivity index (χ2n) is 4.82. The van der Waals surface area contributed by atoms with E-state index in [1.54, 1.807) is 7.11 Å². The van der Waals surface area contributed by atoms with E-state index in [4.69, 9.17) is 4.74 Å². The minimum absolute atomic E-state index is 0. The number of hydrogen-bond acceptors (Lipinski definition) is 3. The quantitative estimate of drug-likeness (QED) is 0.857. The highest BCUT2D eigenvalue weighted by molar-refractivity contribution is 5.85. The summed E-state index contributed by atoms with van der Waals surface area (Å²) < 4.78 is 5.27. The molecule has 0 atom stereocenters. The summed E-state index contributed by atoms with van der Waals surface area (Å²) in [7, 11) is 1.63. The first-order valence-electron chi connectivity index (χ1n) is 6.30. The van der Waals surface area contributed by atoms with Gasteiger partial charge in [-0.25, -0.2) is 0 Å². The Morgan fingerprint density at radius 1 is 1.47 bits per heavy atom. The summed E-state index contributed by atoms with van der Waals surface area (Å²) in [5.41, 5.74) is 2.09. The van der Waals surface area contributed by atoms with Crippen molar-refractivity contribution >= 4 is 18.3 Å². The first-order valence-corrected chi connectivity index (χ1v) is 6.30. The zero-order chi connectivity index (χ0) is 13.0. The Hall–Kier alpha value is -1.26. The molecule has 2 rings (SSSR count). The molecule has 0 radical (unpaired) electrons. The molecule has 0 aliphatic carbocycles. The van der Waals surface area contributed by atoms with Gasteiger partial charge in [-0.05, 0) is 13.0 Å². The molecule has 4 nitrogen and oxygen atoms in total. The molecule has 1 aliphatic heterocycles. The van der Waals surface area contributed by atoms with Crippen molar-refractivity contribution < 1.29 is 9.53 Å². The lowest BCUT2D eigenvalue weighted by Gasteiger charge is -2.27. The van der Waals surface area contributed by atoms with Gasteiger partial charge in [-0.1, -0.05) is 17.7 Å². The van der Waals surface area contributed by atoms with Crippen LogP contribution >= 0.6 is 12.4 Å². The van der Waals surface area contributed by atoms with Gasteiger partial charge < -0.3 is 15.4 Å². The van der Waals surface area contributed by atoms with Crippen molar-refractivity contribution in [3.05, 3.63) is 29.3 Å². The Kier molecular flexibility index (Phi) is 6.12. The van der Waals surface area contributed by atoms with Crippen LogP contribution in [0.5, 0.6) is 5.75 Å². The molecule has 0 spiro atoms. The van der Waals surface area contributed by atoms with Gasteiger partial charge in [0.05, 0.1) is 13.5 Å². The van der Waals surface area contributed by atoms with Gasteiger partial charge in [0.1, 0.15) is 5.75 Å². The summed E-state index contributed by atoms with van der Waals surface area (Å²) in [5.74, 6) is 1.43. The van der Waals surface area contributed by atoms with Gasteiger partial charge in [0.25, 0.3) is 0 Å². The van der Waals surface area contributed by atoms with Crippen LogP contribution in [0, 0.1) is 12.8 Å². The number of benzene rings is 1. The predicted molar refractivity (Wildman–Crippen MR) is 78.1 cm³/mol. The Bertz CT molecular complexity index is 433. The number of carbonyl (C=O) groups is 1. The molecular weight excluding hydrogens is 264 g/mol. The van der Waals surface area contributed by atoms with Crippen molar-refractivity contribution in [2.24, 2.45) is 5.92 Å². The summed E-state index contributed by atoms with van der Waals surface area (Å²) >= 11 is 0. The molecule has 1 heterocycles. The first kappa shape index (κ1) is 15.8. The van der Waals surface area contributed by atoms with E-state index in [-0.39, 0.29) is 18.3 Å². The van der Waals surface area contributed by atoms with E-state index in [0.29, 0.717) is 12.3 Å². The number of rotatable bonds is 5. The topological polar surface area (TPSA) is 50.4 Å². The highest BCUT2D eigenvalue weighted by atomic mass is 35.5. The number of aryl methyl sites for hydroxylation is 1. The fourth-order valence-electron chi connectivity index (χ4n) is 2.03. The van der Waals surface area contributed by atoms with Crippen LogP contribution in [0.15, 0.2) is 18.2 Å². The smallest absolute Gasteiger partial charge is 0.224 e. The molecule has 0 aromatic heterocycles. The van der Waals surface area contributed by atoms with E-state index in [1.165, 1.54) is 0 Å². The van der Waals surface area contributed by atoms with Gasteiger partial charge in [0, 0.05) is 31.1 Å². The molecule has 0 unspecified atom stereocenters. The predicted octanol–water partition coefficient (Wildman–Crippen LogP) is 1.30. The van der Waals surface area contributed by atoms with Crippen LogP contribution < -0.4 is 15.4 Å². The highest BCUT2D eigenvalue weighted by Gasteiger charge is 2.17. The van der Waals surface area contributed by atoms with Crippen LogP contribution in [-0.4, -0.2) is 32.7 Å². The summed E-state index contributed by atoms with van der Waals surface area (Å²) in [6.07, 6.45) is 0.380. The maximum Gasteiger partial charge on any atom is 0.224 e. The molecule has 1 fully saturated rings. The number of methoxy groups -OCH3 is 1. The minimum Gasteiger partial charge on any atom is -0.496 e. The normalized spacial score (nSPS) is 14.2. The van der Waals surface area contributed by atoms with Gasteiger partial charge >= 0.3 is 0 Å². The Labute approximate surface area is 120 Å². The first-order chi connectivity index (χ1) is 8.69. The number of ether oxygens (including phenoxy) is 1. The van der Waals surface area contributed by atoms with Gasteiger partial charge in [0.2, 0.25) is 5.91 Å². The number of nitrogens with one attached hydrogen (secondary N) is 2. The van der Waals surface area contributed by atoms with Gasteiger partial charge in [0.15, 0.2) is 0 Å². The highest BCUT2D eigenvalue weighted by Crippen LogP contribution is 2.20. The summed E-state index contributed by atoms with van der Waals surface area (Å²) in [4.78, 5) is 11.8. The van der Waals surface area contributed by atoms with Crippen molar-refractivity contribution in [3.8, 4) is 5.75 Å². The second kappa shape index (κ2) is 7.36. The van der Waals surface area contributed by atoms with E-state index < -0.39 is 0 Å². The second-order valence-corrected chi connectivity index (χ2v) is 4.82. The van der Waals surface area contributed by atoms with Crippen LogP contribution in [0.25, 0.3) is 0 Å². The van der Waals surface area contributed by atoms with Gasteiger partial charge in [-0.15, -0.1) is 12.4 Å². The Morgan fingerprint density at radius 2 is 2.21 bits per heavy atom. The number of carbonyl (C=O) groups excluding carboxylic acids is 1. The minimum atomic E-state index is 0. The molecule has 0 bridgehead atoms. The zero-order valence-electron chi connectivity index (χ0n) is 11.4. The molecule has 1 aromatic carbocycles. The molecule has 19 heavy (non-hydrogen) atoms. The molecular formula is C14H21ClN2O2. The third-order valence-electron chi connectivity index (χ3n) is 3.24. The molecule has 1 aliphatic rings. The van der Waals surface area contributed by atoms with Gasteiger partial charge in [-0.2, -0.15) is 0 Å². The van der Waals surface area contributed by atoms with Crippen LogP contribution in [0.1, 0.15) is 11.1 Å². The zero-order valence-corrected chi connectivity index (χ0v) is 12.2. The number of halogens is 1. The van der Waals surface area contributed by atoms with Gasteiger partial charge in [-0.3, -0.25) is 4.79 Å². The fourth-order valence-corrected chi connectivity index (χ4v) is 2.03. The molecule has 1 aromatic rings. The van der Waals surface area contributed by atoms with Crippen molar-refractivity contribution in [3.63, 3.8) is 0 Å². The summed E-state index contributed by atoms with van der Waals surface area (Å²) in [6.45, 7) is 4.79. The van der Waals surface area contributed by atoms with E-state index in [0.717, 1.165) is 36.5 Å². The van der Waals surface area contributed by atoms with Crippen LogP contribution in [-0.2, 0) is 11.2 Å². The van der Waals surface area contributed by atoms with Crippen LogP contribution in [0.4, 0.5) is 0 Å². The molecule has 1 amide bonds. The SMILES string of the molecule is COc1ccc(C)cc1CC(=O)NCC1CNC1.Cl. The standard InChI is InChI=1S/C14H20N2O2.ClH/c1-10-3-4-13(18-2)12(5-10)6-14(17)16-9-11-7-15-8-11;/h3-5,11,15H,6-9H2,1-2H3,(H,16,17);1H. The lowest BCUT2D eigenvalue weighted by Crippen LogP contribution is -2.48.